The zero-order valence-corrected chi connectivity index (χ0v) is 24.4. The zero-order valence-electron chi connectivity index (χ0n) is 23.6. The van der Waals surface area contributed by atoms with Crippen molar-refractivity contribution >= 4 is 46.0 Å². The summed E-state index contributed by atoms with van der Waals surface area (Å²) in [6, 6.07) is 11.6. The molecule has 14 heteroatoms. The smallest absolute Gasteiger partial charge is 0.416 e. The lowest BCUT2D eigenvalue weighted by Crippen LogP contribution is -2.49. The fourth-order valence-electron chi connectivity index (χ4n) is 4.73. The van der Waals surface area contributed by atoms with Gasteiger partial charge in [0.05, 0.1) is 40.5 Å². The maximum atomic E-state index is 13.2. The van der Waals surface area contributed by atoms with Crippen LogP contribution >= 0.6 is 11.6 Å². The van der Waals surface area contributed by atoms with Gasteiger partial charge in [-0.25, -0.2) is 9.97 Å². The van der Waals surface area contributed by atoms with Crippen molar-refractivity contribution in [2.45, 2.75) is 6.18 Å². The van der Waals surface area contributed by atoms with E-state index in [0.29, 0.717) is 35.4 Å². The van der Waals surface area contributed by atoms with E-state index in [4.69, 9.17) is 21.1 Å². The summed E-state index contributed by atoms with van der Waals surface area (Å²) in [6.45, 7) is 5.21. The van der Waals surface area contributed by atoms with E-state index in [9.17, 15) is 18.0 Å². The number of fused-ring (bicyclic) bond motifs is 1. The highest BCUT2D eigenvalue weighted by atomic mass is 35.5. The first-order chi connectivity index (χ1) is 20.6. The number of halogens is 4. The molecule has 0 aliphatic carbocycles. The summed E-state index contributed by atoms with van der Waals surface area (Å²) in [5.74, 6) is 1.44. The summed E-state index contributed by atoms with van der Waals surface area (Å²) in [4.78, 5) is 25.8. The normalized spacial score (nSPS) is 14.7. The third-order valence-corrected chi connectivity index (χ3v) is 7.40. The van der Waals surface area contributed by atoms with Crippen LogP contribution in [0.5, 0.6) is 11.5 Å². The molecule has 1 fully saturated rings. The van der Waals surface area contributed by atoms with Crippen LogP contribution in [0.2, 0.25) is 5.02 Å². The molecular formula is C29H31ClF3N7O3. The number of piperazine rings is 1. The number of nitrogens with one attached hydrogen (secondary N) is 2. The quantitative estimate of drug-likeness (QED) is 0.245. The Labute approximate surface area is 251 Å². The number of benzene rings is 2. The third-order valence-electron chi connectivity index (χ3n) is 7.07. The average Bonchev–Trinajstić information content (AvgIpc) is 3.27. The van der Waals surface area contributed by atoms with Gasteiger partial charge in [0.15, 0.2) is 0 Å². The molecule has 3 heterocycles. The number of pyridine rings is 1. The second-order valence-electron chi connectivity index (χ2n) is 10.1. The number of nitrogens with zero attached hydrogens (tertiary/aromatic N) is 5. The Bertz CT molecular complexity index is 1590. The molecule has 0 bridgehead atoms. The van der Waals surface area contributed by atoms with E-state index in [1.54, 1.807) is 55.3 Å². The van der Waals surface area contributed by atoms with Crippen LogP contribution in [-0.4, -0.2) is 83.2 Å². The number of methoxy groups -OCH3 is 1. The van der Waals surface area contributed by atoms with Crippen molar-refractivity contribution in [1.29, 1.82) is 0 Å². The monoisotopic (exact) mass is 617 g/mol. The summed E-state index contributed by atoms with van der Waals surface area (Å²) in [5, 5.41) is 5.86. The van der Waals surface area contributed by atoms with E-state index in [1.807, 2.05) is 0 Å². The Morgan fingerprint density at radius 3 is 2.51 bits per heavy atom. The maximum absolute atomic E-state index is 13.2. The molecule has 1 saturated heterocycles. The summed E-state index contributed by atoms with van der Waals surface area (Å²) in [7, 11) is 3.42. The van der Waals surface area contributed by atoms with Gasteiger partial charge in [0.25, 0.3) is 0 Å². The Hall–Kier alpha value is -3.91. The maximum Gasteiger partial charge on any atom is 0.416 e. The van der Waals surface area contributed by atoms with Crippen molar-refractivity contribution < 1.29 is 27.4 Å². The molecule has 10 nitrogen and oxygen atoms in total. The van der Waals surface area contributed by atoms with E-state index in [2.05, 4.69) is 30.4 Å². The number of alkyl halides is 3. The Morgan fingerprint density at radius 1 is 1.02 bits per heavy atom. The van der Waals surface area contributed by atoms with Gasteiger partial charge >= 0.3 is 6.18 Å². The van der Waals surface area contributed by atoms with Crippen LogP contribution in [0.3, 0.4) is 0 Å². The fourth-order valence-corrected chi connectivity index (χ4v) is 4.89. The highest BCUT2D eigenvalue weighted by Crippen LogP contribution is 2.35. The third kappa shape index (κ3) is 7.73. The second-order valence-corrected chi connectivity index (χ2v) is 10.5. The van der Waals surface area contributed by atoms with Crippen LogP contribution in [0.25, 0.3) is 11.0 Å². The molecule has 5 rings (SSSR count). The van der Waals surface area contributed by atoms with E-state index >= 15 is 0 Å². The van der Waals surface area contributed by atoms with Gasteiger partial charge in [-0.05, 0) is 36.4 Å². The molecule has 2 aromatic heterocycles. The van der Waals surface area contributed by atoms with Gasteiger partial charge in [-0.1, -0.05) is 11.6 Å². The van der Waals surface area contributed by atoms with Crippen molar-refractivity contribution in [1.82, 2.24) is 24.3 Å². The number of aromatic nitrogens is 3. The molecule has 2 N–H and O–H groups in total. The average molecular weight is 618 g/mol. The molecule has 0 radical (unpaired) electrons. The summed E-state index contributed by atoms with van der Waals surface area (Å²) in [6.07, 6.45) is -2.96. The Kier molecular flexibility index (Phi) is 9.35. The van der Waals surface area contributed by atoms with Crippen LogP contribution in [0.4, 0.5) is 30.6 Å². The highest BCUT2D eigenvalue weighted by Gasteiger charge is 2.31. The lowest BCUT2D eigenvalue weighted by molar-refractivity contribution is -0.137. The summed E-state index contributed by atoms with van der Waals surface area (Å²) >= 11 is 6.15. The molecule has 43 heavy (non-hydrogen) atoms. The lowest BCUT2D eigenvalue weighted by atomic mass is 10.2. The van der Waals surface area contributed by atoms with Gasteiger partial charge in [-0.3, -0.25) is 14.6 Å². The lowest BCUT2D eigenvalue weighted by Gasteiger charge is -2.34. The van der Waals surface area contributed by atoms with Crippen LogP contribution in [0, 0.1) is 0 Å². The molecule has 1 amide bonds. The minimum atomic E-state index is -4.50. The predicted molar refractivity (Wildman–Crippen MR) is 158 cm³/mol. The van der Waals surface area contributed by atoms with E-state index in [0.717, 1.165) is 50.4 Å². The molecule has 0 saturated carbocycles. The Balaban J connectivity index is 1.22. The molecule has 228 valence electrons. The highest BCUT2D eigenvalue weighted by molar-refractivity contribution is 6.33. The number of anilines is 3. The van der Waals surface area contributed by atoms with E-state index < -0.39 is 11.7 Å². The standard InChI is InChI=1S/C29H31ClF3N7O3/c1-38-25-6-4-20(16-24(25)36-28(38)35-23-15-19(29(31,32)33)3-5-22(23)30)43-21-7-8-34-26(17-21)37-27(41)18-40-11-9-39(10-12-40)13-14-42-2/h3-8,15-17H,9-14,18H2,1-2H3,(H,35,36)(H,34,37,41). The van der Waals surface area contributed by atoms with E-state index in [-0.39, 0.29) is 23.2 Å². The predicted octanol–water partition coefficient (Wildman–Crippen LogP) is 5.38. The van der Waals surface area contributed by atoms with Crippen molar-refractivity contribution in [3.05, 3.63) is 65.3 Å². The van der Waals surface area contributed by atoms with Crippen molar-refractivity contribution in [3.63, 3.8) is 0 Å². The summed E-state index contributed by atoms with van der Waals surface area (Å²) in [5.41, 5.74) is 0.538. The van der Waals surface area contributed by atoms with Gasteiger partial charge in [0.2, 0.25) is 11.9 Å². The van der Waals surface area contributed by atoms with Crippen molar-refractivity contribution in [2.24, 2.45) is 7.05 Å². The number of carbonyl (C=O) groups is 1. The number of amides is 1. The van der Waals surface area contributed by atoms with Crippen LogP contribution in [-0.2, 0) is 22.8 Å². The Morgan fingerprint density at radius 2 is 1.77 bits per heavy atom. The topological polar surface area (TPSA) is 96.8 Å². The van der Waals surface area contributed by atoms with Crippen molar-refractivity contribution in [3.8, 4) is 11.5 Å². The van der Waals surface area contributed by atoms with Crippen LogP contribution in [0.15, 0.2) is 54.7 Å². The largest absolute Gasteiger partial charge is 0.457 e. The molecular weight excluding hydrogens is 587 g/mol. The van der Waals surface area contributed by atoms with Crippen LogP contribution < -0.4 is 15.4 Å². The number of aryl methyl sites for hydroxylation is 1. The van der Waals surface area contributed by atoms with E-state index in [1.165, 1.54) is 6.07 Å². The molecule has 1 aliphatic rings. The summed E-state index contributed by atoms with van der Waals surface area (Å²) < 4.78 is 52.4. The SMILES string of the molecule is COCCN1CCN(CC(=O)Nc2cc(Oc3ccc4c(c3)nc(Nc3cc(C(F)(F)F)ccc3Cl)n4C)ccn2)CC1. The fraction of sp³-hybridized carbons (Fsp3) is 0.345. The molecule has 4 aromatic rings. The van der Waals surface area contributed by atoms with Gasteiger partial charge < -0.3 is 24.7 Å². The number of carbonyl (C=O) groups excluding carboxylic acids is 1. The first kappa shape index (κ1) is 30.5. The first-order valence-corrected chi connectivity index (χ1v) is 13.9. The minimum Gasteiger partial charge on any atom is -0.457 e. The van der Waals surface area contributed by atoms with Gasteiger partial charge in [0.1, 0.15) is 17.3 Å². The first-order valence-electron chi connectivity index (χ1n) is 13.6. The number of ether oxygens (including phenoxy) is 2. The van der Waals surface area contributed by atoms with Crippen LogP contribution in [0.1, 0.15) is 5.56 Å². The molecule has 0 unspecified atom stereocenters. The van der Waals surface area contributed by atoms with Gasteiger partial charge in [-0.15, -0.1) is 0 Å². The second kappa shape index (κ2) is 13.2. The molecule has 0 atom stereocenters. The van der Waals surface area contributed by atoms with Gasteiger partial charge in [-0.2, -0.15) is 13.2 Å². The molecule has 1 aliphatic heterocycles. The number of imidazole rings is 1. The number of rotatable bonds is 10. The van der Waals surface area contributed by atoms with Gasteiger partial charge in [0, 0.05) is 65.2 Å². The zero-order chi connectivity index (χ0) is 30.6. The molecule has 0 spiro atoms. The number of hydrogen-bond donors (Lipinski definition) is 2. The van der Waals surface area contributed by atoms with Crippen molar-refractivity contribution in [2.75, 3.05) is 63.6 Å². The molecule has 2 aromatic carbocycles. The number of hydrogen-bond acceptors (Lipinski definition) is 8. The minimum absolute atomic E-state index is 0.0852.